The number of carbonyl (C=O) groups excluding carboxylic acids is 1. The van der Waals surface area contributed by atoms with Gasteiger partial charge in [-0.2, -0.15) is 0 Å². The van der Waals surface area contributed by atoms with Crippen LogP contribution in [0.25, 0.3) is 11.1 Å². The van der Waals surface area contributed by atoms with Crippen molar-refractivity contribution in [2.24, 2.45) is 4.99 Å². The molecule has 0 spiro atoms. The van der Waals surface area contributed by atoms with Crippen LogP contribution in [0.15, 0.2) is 137 Å². The Kier molecular flexibility index (Phi) is 11.4. The summed E-state index contributed by atoms with van der Waals surface area (Å²) in [6.45, 7) is 0.182. The number of nitrogens with one attached hydrogen (secondary N) is 2. The number of benzene rings is 5. The highest BCUT2D eigenvalue weighted by molar-refractivity contribution is 7.91. The Morgan fingerprint density at radius 2 is 1.44 bits per heavy atom. The Morgan fingerprint density at radius 3 is 2.10 bits per heavy atom. The van der Waals surface area contributed by atoms with Gasteiger partial charge in [0.05, 0.1) is 17.3 Å². The maximum Gasteiger partial charge on any atom is 0.266 e. The molecule has 6 rings (SSSR count). The average molecular weight is 726 g/mol. The van der Waals surface area contributed by atoms with E-state index >= 15 is 0 Å². The first-order valence-electron chi connectivity index (χ1n) is 16.7. The van der Waals surface area contributed by atoms with E-state index in [9.17, 15) is 22.0 Å². The number of sulfone groups is 1. The Labute approximate surface area is 300 Å². The summed E-state index contributed by atoms with van der Waals surface area (Å²) in [5, 5.41) is 9.09. The second kappa shape index (κ2) is 16.3. The molecule has 0 bridgehead atoms. The first-order valence-corrected chi connectivity index (χ1v) is 18.3. The lowest BCUT2D eigenvalue weighted by Crippen LogP contribution is -2.53. The highest BCUT2D eigenvalue weighted by Gasteiger charge is 2.53. The van der Waals surface area contributed by atoms with E-state index < -0.39 is 44.8 Å². The summed E-state index contributed by atoms with van der Waals surface area (Å²) in [4.78, 5) is 19.4. The molecule has 0 unspecified atom stereocenters. The summed E-state index contributed by atoms with van der Waals surface area (Å²) in [6, 6.07) is 35.0. The second-order valence-corrected chi connectivity index (χ2v) is 14.4. The van der Waals surface area contributed by atoms with Crippen molar-refractivity contribution >= 4 is 21.6 Å². The minimum absolute atomic E-state index is 0.00539. The molecule has 2 atom stereocenters. The third-order valence-corrected chi connectivity index (χ3v) is 10.4. The van der Waals surface area contributed by atoms with Crippen LogP contribution in [-0.4, -0.2) is 49.8 Å². The summed E-state index contributed by atoms with van der Waals surface area (Å²) in [6.07, 6.45) is -0.885. The van der Waals surface area contributed by atoms with Gasteiger partial charge in [-0.05, 0) is 70.8 Å². The van der Waals surface area contributed by atoms with Gasteiger partial charge in [0.2, 0.25) is 5.90 Å². The number of ether oxygens (including phenoxy) is 2. The van der Waals surface area contributed by atoms with Crippen molar-refractivity contribution < 1.29 is 36.6 Å². The molecule has 1 heterocycles. The van der Waals surface area contributed by atoms with Crippen molar-refractivity contribution in [3.05, 3.63) is 156 Å². The van der Waals surface area contributed by atoms with Crippen LogP contribution in [0, 0.1) is 11.6 Å². The Morgan fingerprint density at radius 1 is 0.827 bits per heavy atom. The van der Waals surface area contributed by atoms with Gasteiger partial charge in [-0.15, -0.1) is 0 Å². The maximum absolute atomic E-state index is 14.5. The summed E-state index contributed by atoms with van der Waals surface area (Å²) < 4.78 is 67.2. The number of nitrogens with zero attached hydrogens (tertiary/aromatic N) is 1. The molecule has 0 radical (unpaired) electrons. The number of aliphatic hydroxyl groups excluding tert-OH is 1. The number of amides is 1. The van der Waals surface area contributed by atoms with Gasteiger partial charge in [-0.1, -0.05) is 72.8 Å². The standard InChI is InChI=1S/C40H37F2N3O6S/c41-33-24-28(25-34(42)26-33)27-43-45-39(47)40(20-23-52(48,49)36-10-5-2-6-11-36)37(31-14-12-30(13-15-31)29-8-3-1-4-9-29)51-38(44-40)32-16-18-35(19-17-32)50-22-7-21-46/h1-6,8-19,24-26,37,43,46H,7,20-23,27H2,(H,45,47)/t37-,40-/m0/s1. The van der Waals surface area contributed by atoms with Crippen LogP contribution in [0.5, 0.6) is 5.75 Å². The summed E-state index contributed by atoms with van der Waals surface area (Å²) in [5.41, 5.74) is 6.76. The Bertz CT molecular complexity index is 2100. The zero-order valence-corrected chi connectivity index (χ0v) is 28.9. The van der Waals surface area contributed by atoms with E-state index in [1.54, 1.807) is 42.5 Å². The molecule has 0 fully saturated rings. The van der Waals surface area contributed by atoms with E-state index in [0.717, 1.165) is 29.3 Å². The van der Waals surface area contributed by atoms with Crippen molar-refractivity contribution in [3.63, 3.8) is 0 Å². The SMILES string of the molecule is O=C(NNCc1cc(F)cc(F)c1)[C@@]1(CCS(=O)(=O)c2ccccc2)N=C(c2ccc(OCCCO)cc2)O[C@H]1c1ccc(-c2ccccc2)cc1. The quantitative estimate of drug-likeness (QED) is 0.0851. The van der Waals surface area contributed by atoms with Crippen molar-refractivity contribution in [1.29, 1.82) is 0 Å². The topological polar surface area (TPSA) is 126 Å². The van der Waals surface area contributed by atoms with Crippen molar-refractivity contribution in [2.75, 3.05) is 19.0 Å². The molecule has 268 valence electrons. The van der Waals surface area contributed by atoms with Gasteiger partial charge < -0.3 is 14.6 Å². The lowest BCUT2D eigenvalue weighted by atomic mass is 9.84. The molecule has 9 nitrogen and oxygen atoms in total. The molecule has 1 aliphatic rings. The van der Waals surface area contributed by atoms with Gasteiger partial charge in [0.15, 0.2) is 21.5 Å². The first-order chi connectivity index (χ1) is 25.2. The van der Waals surface area contributed by atoms with Gasteiger partial charge in [-0.3, -0.25) is 10.2 Å². The summed E-state index contributed by atoms with van der Waals surface area (Å²) in [5.74, 6) is -2.03. The monoisotopic (exact) mass is 725 g/mol. The lowest BCUT2D eigenvalue weighted by Gasteiger charge is -2.30. The molecular weight excluding hydrogens is 689 g/mol. The van der Waals surface area contributed by atoms with Crippen molar-refractivity contribution in [2.45, 2.75) is 35.9 Å². The van der Waals surface area contributed by atoms with Crippen LogP contribution in [0.3, 0.4) is 0 Å². The molecule has 0 aromatic heterocycles. The molecule has 0 aliphatic carbocycles. The maximum atomic E-state index is 14.5. The first kappa shape index (κ1) is 36.4. The van der Waals surface area contributed by atoms with E-state index in [0.29, 0.717) is 29.9 Å². The molecule has 1 amide bonds. The van der Waals surface area contributed by atoms with E-state index in [1.807, 2.05) is 54.6 Å². The van der Waals surface area contributed by atoms with Gasteiger partial charge in [0.1, 0.15) is 17.4 Å². The molecule has 12 heteroatoms. The Hall–Kier alpha value is -5.43. The number of hydrogen-bond acceptors (Lipinski definition) is 8. The minimum Gasteiger partial charge on any atom is -0.494 e. The number of aliphatic hydroxyl groups is 1. The van der Waals surface area contributed by atoms with E-state index in [2.05, 4.69) is 10.9 Å². The average Bonchev–Trinajstić information content (AvgIpc) is 3.56. The molecule has 52 heavy (non-hydrogen) atoms. The fourth-order valence-electron chi connectivity index (χ4n) is 5.93. The van der Waals surface area contributed by atoms with Gasteiger partial charge in [0.25, 0.3) is 5.91 Å². The van der Waals surface area contributed by atoms with Crippen LogP contribution in [0.4, 0.5) is 8.78 Å². The smallest absolute Gasteiger partial charge is 0.266 e. The van der Waals surface area contributed by atoms with Crippen LogP contribution in [-0.2, 0) is 25.9 Å². The van der Waals surface area contributed by atoms with Crippen LogP contribution >= 0.6 is 0 Å². The van der Waals surface area contributed by atoms with Crippen molar-refractivity contribution in [1.82, 2.24) is 10.9 Å². The van der Waals surface area contributed by atoms with E-state index in [-0.39, 0.29) is 35.9 Å². The zero-order valence-electron chi connectivity index (χ0n) is 28.0. The van der Waals surface area contributed by atoms with Gasteiger partial charge >= 0.3 is 0 Å². The number of hydrogen-bond donors (Lipinski definition) is 3. The molecule has 3 N–H and O–H groups in total. The number of aliphatic imine (C=N–C) groups is 1. The number of hydrazine groups is 1. The predicted octanol–water partition coefficient (Wildman–Crippen LogP) is 6.33. The highest BCUT2D eigenvalue weighted by atomic mass is 32.2. The third kappa shape index (κ3) is 8.53. The van der Waals surface area contributed by atoms with Gasteiger partial charge in [-0.25, -0.2) is 27.6 Å². The molecule has 5 aromatic rings. The van der Waals surface area contributed by atoms with Crippen LogP contribution < -0.4 is 15.6 Å². The number of halogens is 2. The van der Waals surface area contributed by atoms with E-state index in [1.165, 1.54) is 12.1 Å². The molecule has 1 aliphatic heterocycles. The minimum atomic E-state index is -3.88. The normalized spacial score (nSPS) is 16.9. The van der Waals surface area contributed by atoms with Crippen LogP contribution in [0.1, 0.15) is 35.6 Å². The number of rotatable bonds is 15. The van der Waals surface area contributed by atoms with E-state index in [4.69, 9.17) is 19.6 Å². The zero-order chi connectivity index (χ0) is 36.6. The molecule has 0 saturated heterocycles. The fraction of sp³-hybridized carbons (Fsp3) is 0.200. The number of carbonyl (C=O) groups is 1. The summed E-state index contributed by atoms with van der Waals surface area (Å²) >= 11 is 0. The summed E-state index contributed by atoms with van der Waals surface area (Å²) in [7, 11) is -3.88. The third-order valence-electron chi connectivity index (χ3n) is 8.62. The largest absolute Gasteiger partial charge is 0.494 e. The fourth-order valence-corrected chi connectivity index (χ4v) is 7.32. The molecule has 0 saturated carbocycles. The highest BCUT2D eigenvalue weighted by Crippen LogP contribution is 2.43. The van der Waals surface area contributed by atoms with Gasteiger partial charge in [0, 0.05) is 37.6 Å². The Balaban J connectivity index is 1.38. The van der Waals surface area contributed by atoms with Crippen LogP contribution in [0.2, 0.25) is 0 Å². The molecule has 5 aromatic carbocycles. The second-order valence-electron chi connectivity index (χ2n) is 12.2. The predicted molar refractivity (Wildman–Crippen MR) is 193 cm³/mol. The lowest BCUT2D eigenvalue weighted by molar-refractivity contribution is -0.130. The molecular formula is C40H37F2N3O6S. The van der Waals surface area contributed by atoms with Crippen molar-refractivity contribution in [3.8, 4) is 16.9 Å².